The highest BCUT2D eigenvalue weighted by molar-refractivity contribution is 7.61. The molecule has 0 bridgehead atoms. The molecule has 0 unspecified atom stereocenters. The van der Waals surface area contributed by atoms with Crippen LogP contribution in [0, 0.1) is 0 Å². The van der Waals surface area contributed by atoms with E-state index in [0.717, 1.165) is 0 Å². The molecule has 0 aromatic rings. The Hall–Kier alpha value is 0.180. The lowest BCUT2D eigenvalue weighted by atomic mass is 10.5. The molecule has 0 aromatic heterocycles. The predicted octanol–water partition coefficient (Wildman–Crippen LogP) is 3.74. The Morgan fingerprint density at radius 3 is 2.08 bits per heavy atom. The fourth-order valence-electron chi connectivity index (χ4n) is 0.781. The van der Waals surface area contributed by atoms with Crippen LogP contribution in [0.2, 0.25) is 0 Å². The zero-order chi connectivity index (χ0) is 10.3. The number of halogens is 1. The van der Waals surface area contributed by atoms with E-state index in [4.69, 9.17) is 20.6 Å². The monoisotopic (exact) mass is 226 g/mol. The first-order valence-corrected chi connectivity index (χ1v) is 6.28. The zero-order valence-corrected chi connectivity index (χ0v) is 9.90. The second-order valence-corrected chi connectivity index (χ2v) is 4.93. The van der Waals surface area contributed by atoms with Gasteiger partial charge in [-0.05, 0) is 20.3 Å². The SMILES string of the molecule is CC/C=C(\Cl)P(=O)(OCC)OCC. The first kappa shape index (κ1) is 13.2. The molecule has 0 saturated heterocycles. The van der Waals surface area contributed by atoms with E-state index < -0.39 is 7.60 Å². The number of hydrogen-bond donors (Lipinski definition) is 0. The van der Waals surface area contributed by atoms with Crippen molar-refractivity contribution in [3.63, 3.8) is 0 Å². The molecule has 0 aromatic carbocycles. The van der Waals surface area contributed by atoms with Gasteiger partial charge in [-0.2, -0.15) is 0 Å². The van der Waals surface area contributed by atoms with Gasteiger partial charge in [0.25, 0.3) is 0 Å². The molecule has 0 fully saturated rings. The summed E-state index contributed by atoms with van der Waals surface area (Å²) in [6.07, 6.45) is 2.36. The normalized spacial score (nSPS) is 13.4. The summed E-state index contributed by atoms with van der Waals surface area (Å²) in [7, 11) is -3.20. The van der Waals surface area contributed by atoms with Crippen LogP contribution in [0.15, 0.2) is 10.8 Å². The fraction of sp³-hybridized carbons (Fsp3) is 0.750. The zero-order valence-electron chi connectivity index (χ0n) is 8.25. The first-order chi connectivity index (χ1) is 6.10. The van der Waals surface area contributed by atoms with Gasteiger partial charge in [-0.3, -0.25) is 4.57 Å². The Balaban J connectivity index is 4.57. The average Bonchev–Trinajstić information content (AvgIpc) is 2.05. The summed E-state index contributed by atoms with van der Waals surface area (Å²) in [4.78, 5) is 0. The smallest absolute Gasteiger partial charge is 0.305 e. The maximum atomic E-state index is 11.9. The van der Waals surface area contributed by atoms with E-state index in [9.17, 15) is 4.57 Å². The molecule has 0 radical (unpaired) electrons. The van der Waals surface area contributed by atoms with E-state index in [1.54, 1.807) is 19.9 Å². The highest BCUT2D eigenvalue weighted by Crippen LogP contribution is 2.57. The summed E-state index contributed by atoms with van der Waals surface area (Å²) in [5, 5.41) is 0. The van der Waals surface area contributed by atoms with Crippen molar-refractivity contribution in [3.8, 4) is 0 Å². The van der Waals surface area contributed by atoms with Crippen LogP contribution in [0.5, 0.6) is 0 Å². The van der Waals surface area contributed by atoms with Gasteiger partial charge in [-0.1, -0.05) is 24.6 Å². The topological polar surface area (TPSA) is 35.5 Å². The summed E-state index contributed by atoms with van der Waals surface area (Å²) < 4.78 is 22.1. The molecule has 0 atom stereocenters. The minimum absolute atomic E-state index is 0.179. The quantitative estimate of drug-likeness (QED) is 0.647. The van der Waals surface area contributed by atoms with Gasteiger partial charge in [0.2, 0.25) is 0 Å². The molecule has 78 valence electrons. The van der Waals surface area contributed by atoms with Gasteiger partial charge in [-0.25, -0.2) is 0 Å². The van der Waals surface area contributed by atoms with Crippen molar-refractivity contribution in [2.45, 2.75) is 27.2 Å². The standard InChI is InChI=1S/C8H16ClO3P/c1-4-7-8(9)13(10,11-5-2)12-6-3/h7H,4-6H2,1-3H3/b8-7+. The Kier molecular flexibility index (Phi) is 6.70. The maximum Gasteiger partial charge on any atom is 0.372 e. The largest absolute Gasteiger partial charge is 0.372 e. The van der Waals surface area contributed by atoms with Crippen molar-refractivity contribution < 1.29 is 13.6 Å². The third-order valence-electron chi connectivity index (χ3n) is 1.23. The molecule has 3 nitrogen and oxygen atoms in total. The summed E-state index contributed by atoms with van der Waals surface area (Å²) in [5.41, 5.74) is 0. The lowest BCUT2D eigenvalue weighted by Crippen LogP contribution is -1.95. The summed E-state index contributed by atoms with van der Waals surface area (Å²) in [6.45, 7) is 6.06. The van der Waals surface area contributed by atoms with Crippen LogP contribution in [0.1, 0.15) is 27.2 Å². The van der Waals surface area contributed by atoms with Crippen LogP contribution in [-0.2, 0) is 13.6 Å². The van der Waals surface area contributed by atoms with E-state index in [-0.39, 0.29) is 4.77 Å². The molecule has 0 aliphatic rings. The molecule has 0 rings (SSSR count). The van der Waals surface area contributed by atoms with Gasteiger partial charge >= 0.3 is 7.60 Å². The Morgan fingerprint density at radius 1 is 1.31 bits per heavy atom. The molecule has 0 saturated carbocycles. The lowest BCUT2D eigenvalue weighted by Gasteiger charge is -2.15. The minimum Gasteiger partial charge on any atom is -0.305 e. The third kappa shape index (κ3) is 4.28. The highest BCUT2D eigenvalue weighted by Gasteiger charge is 2.27. The molecular weight excluding hydrogens is 211 g/mol. The van der Waals surface area contributed by atoms with Crippen molar-refractivity contribution in [3.05, 3.63) is 10.8 Å². The van der Waals surface area contributed by atoms with Crippen LogP contribution in [0.3, 0.4) is 0 Å². The summed E-state index contributed by atoms with van der Waals surface area (Å²) in [6, 6.07) is 0. The van der Waals surface area contributed by atoms with Crippen molar-refractivity contribution in [2.75, 3.05) is 13.2 Å². The van der Waals surface area contributed by atoms with Gasteiger partial charge < -0.3 is 9.05 Å². The molecule has 0 heterocycles. The fourth-order valence-corrected chi connectivity index (χ4v) is 2.64. The number of hydrogen-bond acceptors (Lipinski definition) is 3. The van der Waals surface area contributed by atoms with Crippen LogP contribution >= 0.6 is 19.2 Å². The number of rotatable bonds is 6. The minimum atomic E-state index is -3.20. The summed E-state index contributed by atoms with van der Waals surface area (Å²) >= 11 is 5.79. The van der Waals surface area contributed by atoms with Crippen LogP contribution in [-0.4, -0.2) is 13.2 Å². The first-order valence-electron chi connectivity index (χ1n) is 4.36. The van der Waals surface area contributed by atoms with E-state index >= 15 is 0 Å². The van der Waals surface area contributed by atoms with E-state index in [0.29, 0.717) is 19.6 Å². The van der Waals surface area contributed by atoms with Gasteiger partial charge in [0.05, 0.1) is 13.2 Å². The Bertz CT molecular complexity index is 205. The van der Waals surface area contributed by atoms with Crippen LogP contribution in [0.25, 0.3) is 0 Å². The molecule has 0 amide bonds. The summed E-state index contributed by atoms with van der Waals surface area (Å²) in [5.74, 6) is 0. The van der Waals surface area contributed by atoms with Gasteiger partial charge in [0.1, 0.15) is 4.77 Å². The Morgan fingerprint density at radius 2 is 1.77 bits per heavy atom. The van der Waals surface area contributed by atoms with E-state index in [2.05, 4.69) is 0 Å². The number of allylic oxidation sites excluding steroid dienone is 1. The molecule has 0 spiro atoms. The Labute approximate surface area is 84.6 Å². The van der Waals surface area contributed by atoms with Gasteiger partial charge in [0.15, 0.2) is 0 Å². The average molecular weight is 227 g/mol. The molecule has 0 N–H and O–H groups in total. The second kappa shape index (κ2) is 6.61. The van der Waals surface area contributed by atoms with Crippen molar-refractivity contribution >= 4 is 19.2 Å². The maximum absolute atomic E-state index is 11.9. The van der Waals surface area contributed by atoms with Gasteiger partial charge in [0, 0.05) is 0 Å². The molecule has 5 heteroatoms. The molecular formula is C8H16ClO3P. The van der Waals surface area contributed by atoms with E-state index in [1.807, 2.05) is 6.92 Å². The molecule has 0 aliphatic heterocycles. The van der Waals surface area contributed by atoms with Crippen molar-refractivity contribution in [2.24, 2.45) is 0 Å². The lowest BCUT2D eigenvalue weighted by molar-refractivity contribution is 0.228. The third-order valence-corrected chi connectivity index (χ3v) is 3.91. The van der Waals surface area contributed by atoms with Gasteiger partial charge in [-0.15, -0.1) is 0 Å². The molecule has 13 heavy (non-hydrogen) atoms. The van der Waals surface area contributed by atoms with Crippen molar-refractivity contribution in [1.82, 2.24) is 0 Å². The van der Waals surface area contributed by atoms with Crippen molar-refractivity contribution in [1.29, 1.82) is 0 Å². The van der Waals surface area contributed by atoms with E-state index in [1.165, 1.54) is 0 Å². The molecule has 0 aliphatic carbocycles. The highest BCUT2D eigenvalue weighted by atomic mass is 35.5. The van der Waals surface area contributed by atoms with Crippen LogP contribution in [0.4, 0.5) is 0 Å². The predicted molar refractivity (Wildman–Crippen MR) is 55.1 cm³/mol. The van der Waals surface area contributed by atoms with Crippen LogP contribution < -0.4 is 0 Å². The second-order valence-electron chi connectivity index (χ2n) is 2.27.